The number of carbonyl (C=O) groups excluding carboxylic acids is 1. The van der Waals surface area contributed by atoms with E-state index in [1.165, 1.54) is 18.7 Å². The van der Waals surface area contributed by atoms with Gasteiger partial charge in [-0.2, -0.15) is 0 Å². The Hall–Kier alpha value is -0.790. The van der Waals surface area contributed by atoms with E-state index in [0.29, 0.717) is 5.75 Å². The van der Waals surface area contributed by atoms with Crippen molar-refractivity contribution in [3.63, 3.8) is 0 Å². The van der Waals surface area contributed by atoms with E-state index in [0.717, 1.165) is 10.2 Å². The molecular weight excluding hydrogens is 262 g/mol. The Bertz CT molecular complexity index is 377. The maximum Gasteiger partial charge on any atom is 0.186 e. The summed E-state index contributed by atoms with van der Waals surface area (Å²) >= 11 is 4.45. The van der Waals surface area contributed by atoms with Crippen molar-refractivity contribution in [3.8, 4) is 11.8 Å². The second-order valence-corrected chi connectivity index (χ2v) is 4.42. The molecule has 0 bridgehead atoms. The van der Waals surface area contributed by atoms with Crippen LogP contribution in [-0.2, 0) is 4.79 Å². The summed E-state index contributed by atoms with van der Waals surface area (Å²) in [7, 11) is 0. The summed E-state index contributed by atoms with van der Waals surface area (Å²) in [4.78, 5) is 14.6. The Morgan fingerprint density at radius 3 is 3.00 bits per heavy atom. The van der Waals surface area contributed by atoms with Gasteiger partial charge >= 0.3 is 0 Å². The highest BCUT2D eigenvalue weighted by atomic mass is 79.9. The lowest BCUT2D eigenvalue weighted by Gasteiger charge is -1.89. The molecule has 14 heavy (non-hydrogen) atoms. The van der Waals surface area contributed by atoms with Crippen LogP contribution in [0.4, 0.5) is 0 Å². The van der Waals surface area contributed by atoms with E-state index in [2.05, 4.69) is 32.8 Å². The van der Waals surface area contributed by atoms with Crippen molar-refractivity contribution < 1.29 is 4.79 Å². The first-order valence-corrected chi connectivity index (χ1v) is 5.70. The van der Waals surface area contributed by atoms with Crippen LogP contribution in [0.15, 0.2) is 22.9 Å². The lowest BCUT2D eigenvalue weighted by atomic mass is 10.3. The average Bonchev–Trinajstić information content (AvgIpc) is 2.15. The fourth-order valence-corrected chi connectivity index (χ4v) is 1.31. The molecule has 72 valence electrons. The summed E-state index contributed by atoms with van der Waals surface area (Å²) in [6.07, 6.45) is 1.69. The molecule has 0 saturated carbocycles. The van der Waals surface area contributed by atoms with Gasteiger partial charge in [0.1, 0.15) is 4.60 Å². The molecule has 0 saturated heterocycles. The first kappa shape index (κ1) is 11.3. The zero-order valence-corrected chi connectivity index (χ0v) is 9.98. The van der Waals surface area contributed by atoms with Gasteiger partial charge in [0.15, 0.2) is 5.12 Å². The van der Waals surface area contributed by atoms with Gasteiger partial charge in [-0.1, -0.05) is 23.6 Å². The van der Waals surface area contributed by atoms with Crippen LogP contribution in [0.1, 0.15) is 12.5 Å². The summed E-state index contributed by atoms with van der Waals surface area (Å²) in [6, 6.07) is 3.71. The molecule has 0 aliphatic heterocycles. The van der Waals surface area contributed by atoms with Gasteiger partial charge in [-0.05, 0) is 28.1 Å². The normalized spacial score (nSPS) is 9.00. The van der Waals surface area contributed by atoms with E-state index in [9.17, 15) is 4.79 Å². The molecule has 4 heteroatoms. The molecule has 0 aliphatic carbocycles. The Kier molecular flexibility index (Phi) is 4.71. The molecule has 0 atom stereocenters. The van der Waals surface area contributed by atoms with Crippen molar-refractivity contribution in [1.29, 1.82) is 0 Å². The zero-order chi connectivity index (χ0) is 10.4. The highest BCUT2D eigenvalue weighted by Crippen LogP contribution is 2.05. The third kappa shape index (κ3) is 4.45. The molecule has 0 amide bonds. The molecule has 1 heterocycles. The summed E-state index contributed by atoms with van der Waals surface area (Å²) in [5, 5.41) is 0.0910. The number of hydrogen-bond donors (Lipinski definition) is 0. The predicted molar refractivity (Wildman–Crippen MR) is 62.0 cm³/mol. The van der Waals surface area contributed by atoms with Gasteiger partial charge < -0.3 is 0 Å². The van der Waals surface area contributed by atoms with Crippen molar-refractivity contribution in [2.75, 3.05) is 5.75 Å². The van der Waals surface area contributed by atoms with Crippen molar-refractivity contribution in [3.05, 3.63) is 28.5 Å². The van der Waals surface area contributed by atoms with Crippen LogP contribution >= 0.6 is 27.7 Å². The molecule has 1 rings (SSSR count). The number of aromatic nitrogens is 1. The van der Waals surface area contributed by atoms with E-state index in [4.69, 9.17) is 0 Å². The van der Waals surface area contributed by atoms with Crippen molar-refractivity contribution in [2.24, 2.45) is 0 Å². The maximum absolute atomic E-state index is 10.6. The first-order chi connectivity index (χ1) is 6.68. The van der Waals surface area contributed by atoms with Crippen LogP contribution in [-0.4, -0.2) is 15.9 Å². The standard InChI is InChI=1S/C10H8BrNOS/c1-8(13)14-6-2-3-9-4-5-10(11)12-7-9/h4-5,7H,6H2,1H3. The number of carbonyl (C=O) groups is 1. The predicted octanol–water partition coefficient (Wildman–Crippen LogP) is 2.48. The minimum absolute atomic E-state index is 0.0910. The number of nitrogens with zero attached hydrogens (tertiary/aromatic N) is 1. The molecule has 0 aromatic carbocycles. The number of hydrogen-bond acceptors (Lipinski definition) is 3. The minimum Gasteiger partial charge on any atom is -0.288 e. The molecule has 1 aromatic heterocycles. The van der Waals surface area contributed by atoms with Crippen molar-refractivity contribution in [2.45, 2.75) is 6.92 Å². The quantitative estimate of drug-likeness (QED) is 0.580. The lowest BCUT2D eigenvalue weighted by molar-refractivity contribution is -0.109. The van der Waals surface area contributed by atoms with E-state index >= 15 is 0 Å². The van der Waals surface area contributed by atoms with Crippen LogP contribution in [0.2, 0.25) is 0 Å². The van der Waals surface area contributed by atoms with Crippen LogP contribution in [0, 0.1) is 11.8 Å². The van der Waals surface area contributed by atoms with Crippen LogP contribution in [0.3, 0.4) is 0 Å². The third-order valence-electron chi connectivity index (χ3n) is 1.31. The Labute approximate surface area is 95.6 Å². The average molecular weight is 270 g/mol. The van der Waals surface area contributed by atoms with Gasteiger partial charge in [0, 0.05) is 18.7 Å². The fraction of sp³-hybridized carbons (Fsp3) is 0.200. The van der Waals surface area contributed by atoms with Gasteiger partial charge in [-0.15, -0.1) is 0 Å². The van der Waals surface area contributed by atoms with Crippen LogP contribution in [0.5, 0.6) is 0 Å². The van der Waals surface area contributed by atoms with E-state index in [1.807, 2.05) is 12.1 Å². The van der Waals surface area contributed by atoms with Gasteiger partial charge in [0.05, 0.1) is 5.75 Å². The first-order valence-electron chi connectivity index (χ1n) is 3.92. The summed E-state index contributed by atoms with van der Waals surface area (Å²) < 4.78 is 0.793. The van der Waals surface area contributed by atoms with Gasteiger partial charge in [-0.3, -0.25) is 4.79 Å². The van der Waals surface area contributed by atoms with E-state index < -0.39 is 0 Å². The summed E-state index contributed by atoms with van der Waals surface area (Å²) in [6.45, 7) is 1.54. The summed E-state index contributed by atoms with van der Waals surface area (Å²) in [5.41, 5.74) is 0.859. The van der Waals surface area contributed by atoms with E-state index in [-0.39, 0.29) is 5.12 Å². The number of thioether (sulfide) groups is 1. The van der Waals surface area contributed by atoms with Crippen LogP contribution in [0.25, 0.3) is 0 Å². The molecule has 0 unspecified atom stereocenters. The Balaban J connectivity index is 2.51. The molecule has 2 nitrogen and oxygen atoms in total. The lowest BCUT2D eigenvalue weighted by Crippen LogP contribution is -1.83. The molecule has 0 N–H and O–H groups in total. The third-order valence-corrected chi connectivity index (χ3v) is 2.47. The Morgan fingerprint density at radius 2 is 2.43 bits per heavy atom. The molecule has 0 spiro atoms. The smallest absolute Gasteiger partial charge is 0.186 e. The zero-order valence-electron chi connectivity index (χ0n) is 7.58. The Morgan fingerprint density at radius 1 is 1.64 bits per heavy atom. The van der Waals surface area contributed by atoms with E-state index in [1.54, 1.807) is 6.20 Å². The number of pyridine rings is 1. The molecule has 1 aromatic rings. The summed E-state index contributed by atoms with van der Waals surface area (Å²) in [5.74, 6) is 6.34. The fourth-order valence-electron chi connectivity index (χ4n) is 0.726. The molecular formula is C10H8BrNOS. The second-order valence-electron chi connectivity index (χ2n) is 2.45. The van der Waals surface area contributed by atoms with Crippen LogP contribution < -0.4 is 0 Å². The maximum atomic E-state index is 10.6. The topological polar surface area (TPSA) is 30.0 Å². The van der Waals surface area contributed by atoms with Gasteiger partial charge in [0.25, 0.3) is 0 Å². The monoisotopic (exact) mass is 269 g/mol. The highest BCUT2D eigenvalue weighted by molar-refractivity contribution is 9.10. The number of halogens is 1. The van der Waals surface area contributed by atoms with Crippen molar-refractivity contribution in [1.82, 2.24) is 4.98 Å². The van der Waals surface area contributed by atoms with Gasteiger partial charge in [0.2, 0.25) is 0 Å². The van der Waals surface area contributed by atoms with Gasteiger partial charge in [-0.25, -0.2) is 4.98 Å². The van der Waals surface area contributed by atoms with Crippen molar-refractivity contribution >= 4 is 32.8 Å². The highest BCUT2D eigenvalue weighted by Gasteiger charge is 1.90. The largest absolute Gasteiger partial charge is 0.288 e. The molecule has 0 aliphatic rings. The SMILES string of the molecule is CC(=O)SCC#Cc1ccc(Br)nc1. The molecule has 0 radical (unpaired) electrons. The molecule has 0 fully saturated rings. The number of rotatable bonds is 1. The second kappa shape index (κ2) is 5.84. The minimum atomic E-state index is 0.0910.